The van der Waals surface area contributed by atoms with Crippen LogP contribution in [-0.4, -0.2) is 27.0 Å². The summed E-state index contributed by atoms with van der Waals surface area (Å²) in [5.41, 5.74) is 1.28. The minimum Gasteiger partial charge on any atom is -0.383 e. The highest BCUT2D eigenvalue weighted by atomic mass is 35.5. The molecule has 0 atom stereocenters. The van der Waals surface area contributed by atoms with E-state index in [0.29, 0.717) is 28.2 Å². The Morgan fingerprint density at radius 3 is 2.59 bits per heavy atom. The van der Waals surface area contributed by atoms with Crippen molar-refractivity contribution in [1.29, 1.82) is 0 Å². The van der Waals surface area contributed by atoms with Gasteiger partial charge in [-0.1, -0.05) is 30.7 Å². The second-order valence-electron chi connectivity index (χ2n) is 7.30. The molecule has 5 nitrogen and oxygen atoms in total. The SMILES string of the molecule is CCCNc1ccc(F)c(C(=O)c2cn(CO)c3ncc(-c4ccc(Cl)cc4)cc23)c1F. The first-order chi connectivity index (χ1) is 15.4. The van der Waals surface area contributed by atoms with Gasteiger partial charge in [-0.3, -0.25) is 4.79 Å². The number of benzene rings is 2. The van der Waals surface area contributed by atoms with Crippen LogP contribution in [-0.2, 0) is 6.73 Å². The van der Waals surface area contributed by atoms with Crippen molar-refractivity contribution >= 4 is 34.1 Å². The predicted molar refractivity (Wildman–Crippen MR) is 121 cm³/mol. The van der Waals surface area contributed by atoms with Crippen molar-refractivity contribution in [3.8, 4) is 11.1 Å². The smallest absolute Gasteiger partial charge is 0.201 e. The van der Waals surface area contributed by atoms with Crippen molar-refractivity contribution in [2.45, 2.75) is 20.1 Å². The van der Waals surface area contributed by atoms with Crippen molar-refractivity contribution in [1.82, 2.24) is 9.55 Å². The second kappa shape index (κ2) is 9.06. The molecule has 0 spiro atoms. The molecule has 8 heteroatoms. The van der Waals surface area contributed by atoms with Crippen LogP contribution in [0.4, 0.5) is 14.5 Å². The van der Waals surface area contributed by atoms with Gasteiger partial charge in [0.25, 0.3) is 0 Å². The number of aliphatic hydroxyl groups is 1. The van der Waals surface area contributed by atoms with Crippen LogP contribution in [0.5, 0.6) is 0 Å². The lowest BCUT2D eigenvalue weighted by Crippen LogP contribution is -2.11. The van der Waals surface area contributed by atoms with E-state index in [2.05, 4.69) is 10.3 Å². The van der Waals surface area contributed by atoms with Gasteiger partial charge in [0.2, 0.25) is 5.78 Å². The molecule has 0 amide bonds. The van der Waals surface area contributed by atoms with E-state index in [1.165, 1.54) is 16.8 Å². The molecule has 0 aliphatic rings. The highest BCUT2D eigenvalue weighted by Gasteiger charge is 2.25. The van der Waals surface area contributed by atoms with Gasteiger partial charge in [-0.25, -0.2) is 13.8 Å². The van der Waals surface area contributed by atoms with Crippen LogP contribution >= 0.6 is 11.6 Å². The Hall–Kier alpha value is -3.29. The summed E-state index contributed by atoms with van der Waals surface area (Å²) in [4.78, 5) is 17.7. The fourth-order valence-electron chi connectivity index (χ4n) is 3.55. The number of nitrogens with zero attached hydrogens (tertiary/aromatic N) is 2. The number of carbonyl (C=O) groups is 1. The maximum absolute atomic E-state index is 15.1. The van der Waals surface area contributed by atoms with E-state index in [0.717, 1.165) is 18.1 Å². The Morgan fingerprint density at radius 1 is 1.16 bits per heavy atom. The van der Waals surface area contributed by atoms with Gasteiger partial charge < -0.3 is 15.0 Å². The Morgan fingerprint density at radius 2 is 1.91 bits per heavy atom. The van der Waals surface area contributed by atoms with Crippen LogP contribution < -0.4 is 5.32 Å². The van der Waals surface area contributed by atoms with Gasteiger partial charge >= 0.3 is 0 Å². The lowest BCUT2D eigenvalue weighted by molar-refractivity contribution is 0.103. The monoisotopic (exact) mass is 455 g/mol. The lowest BCUT2D eigenvalue weighted by atomic mass is 9.99. The van der Waals surface area contributed by atoms with Crippen molar-refractivity contribution < 1.29 is 18.7 Å². The van der Waals surface area contributed by atoms with Crippen LogP contribution in [0.1, 0.15) is 29.3 Å². The fourth-order valence-corrected chi connectivity index (χ4v) is 3.68. The predicted octanol–water partition coefficient (Wildman–Crippen LogP) is 5.64. The number of rotatable bonds is 7. The van der Waals surface area contributed by atoms with Crippen LogP contribution in [0.2, 0.25) is 5.02 Å². The standard InChI is InChI=1S/C24H20ClF2N3O2/c1-2-9-28-20-8-7-19(26)21(22(20)27)23(32)18-12-30(13-31)24-17(18)10-15(11-29-24)14-3-5-16(25)6-4-14/h3-8,10-12,28,31H,2,9,13H2,1H3. The van der Waals surface area contributed by atoms with Crippen LogP contribution in [0.15, 0.2) is 54.9 Å². The summed E-state index contributed by atoms with van der Waals surface area (Å²) in [5.74, 6) is -2.73. The summed E-state index contributed by atoms with van der Waals surface area (Å²) in [6.45, 7) is 1.95. The molecule has 4 aromatic rings. The van der Waals surface area contributed by atoms with E-state index in [1.807, 2.05) is 6.92 Å². The van der Waals surface area contributed by atoms with E-state index >= 15 is 4.39 Å². The summed E-state index contributed by atoms with van der Waals surface area (Å²) in [5, 5.41) is 13.5. The summed E-state index contributed by atoms with van der Waals surface area (Å²) < 4.78 is 31.0. The van der Waals surface area contributed by atoms with E-state index < -0.39 is 29.7 Å². The summed E-state index contributed by atoms with van der Waals surface area (Å²) in [6, 6.07) is 11.1. The molecule has 2 N–H and O–H groups in total. The maximum Gasteiger partial charge on any atom is 0.201 e. The molecule has 164 valence electrons. The third kappa shape index (κ3) is 3.97. The molecule has 0 aliphatic heterocycles. The van der Waals surface area contributed by atoms with E-state index in [4.69, 9.17) is 11.6 Å². The van der Waals surface area contributed by atoms with Gasteiger partial charge in [-0.2, -0.15) is 0 Å². The molecular formula is C24H20ClF2N3O2. The van der Waals surface area contributed by atoms with Gasteiger partial charge in [0.1, 0.15) is 18.2 Å². The highest BCUT2D eigenvalue weighted by Crippen LogP contribution is 2.31. The van der Waals surface area contributed by atoms with Gasteiger partial charge in [-0.15, -0.1) is 0 Å². The fraction of sp³-hybridized carbons (Fsp3) is 0.167. The molecule has 2 heterocycles. The first-order valence-electron chi connectivity index (χ1n) is 10.1. The Balaban J connectivity index is 1.86. The summed E-state index contributed by atoms with van der Waals surface area (Å²) >= 11 is 5.96. The van der Waals surface area contributed by atoms with Gasteiger partial charge in [0.15, 0.2) is 5.82 Å². The molecule has 32 heavy (non-hydrogen) atoms. The van der Waals surface area contributed by atoms with Crippen LogP contribution in [0.3, 0.4) is 0 Å². The molecule has 2 aromatic heterocycles. The summed E-state index contributed by atoms with van der Waals surface area (Å²) in [6.07, 6.45) is 3.70. The normalized spacial score (nSPS) is 11.2. The Labute approximate surface area is 188 Å². The largest absolute Gasteiger partial charge is 0.383 e. The summed E-state index contributed by atoms with van der Waals surface area (Å²) in [7, 11) is 0. The Bertz CT molecular complexity index is 1300. The average molecular weight is 456 g/mol. The molecule has 0 fully saturated rings. The first-order valence-corrected chi connectivity index (χ1v) is 10.4. The van der Waals surface area contributed by atoms with Crippen molar-refractivity contribution in [3.63, 3.8) is 0 Å². The number of hydrogen-bond acceptors (Lipinski definition) is 4. The zero-order valence-corrected chi connectivity index (χ0v) is 18.0. The van der Waals surface area contributed by atoms with E-state index in [1.54, 1.807) is 36.5 Å². The van der Waals surface area contributed by atoms with Crippen molar-refractivity contribution in [2.24, 2.45) is 0 Å². The van der Waals surface area contributed by atoms with E-state index in [9.17, 15) is 14.3 Å². The topological polar surface area (TPSA) is 67.2 Å². The van der Waals surface area contributed by atoms with Crippen molar-refractivity contribution in [3.05, 3.63) is 82.6 Å². The Kier molecular flexibility index (Phi) is 6.21. The number of aliphatic hydroxyl groups excluding tert-OH is 1. The quantitative estimate of drug-likeness (QED) is 0.354. The van der Waals surface area contributed by atoms with E-state index in [-0.39, 0.29) is 11.3 Å². The lowest BCUT2D eigenvalue weighted by Gasteiger charge is -2.10. The molecule has 0 unspecified atom stereocenters. The molecule has 0 aliphatic carbocycles. The highest BCUT2D eigenvalue weighted by molar-refractivity contribution is 6.30. The number of fused-ring (bicyclic) bond motifs is 1. The third-order valence-electron chi connectivity index (χ3n) is 5.17. The molecule has 0 saturated heterocycles. The molecule has 2 aromatic carbocycles. The van der Waals surface area contributed by atoms with Crippen molar-refractivity contribution in [2.75, 3.05) is 11.9 Å². The number of carbonyl (C=O) groups excluding carboxylic acids is 1. The molecule has 4 rings (SSSR count). The average Bonchev–Trinajstić information content (AvgIpc) is 3.17. The molecular weight excluding hydrogens is 436 g/mol. The number of pyridine rings is 1. The minimum atomic E-state index is -0.957. The van der Waals surface area contributed by atoms with Gasteiger partial charge in [0.05, 0.1) is 16.8 Å². The van der Waals surface area contributed by atoms with Crippen LogP contribution in [0, 0.1) is 11.6 Å². The van der Waals surface area contributed by atoms with Gasteiger partial charge in [-0.05, 0) is 42.3 Å². The molecule has 0 saturated carbocycles. The molecule has 0 bridgehead atoms. The number of halogens is 3. The molecule has 0 radical (unpaired) electrons. The zero-order chi connectivity index (χ0) is 22.8. The number of aromatic nitrogens is 2. The second-order valence-corrected chi connectivity index (χ2v) is 7.73. The third-order valence-corrected chi connectivity index (χ3v) is 5.42. The number of nitrogens with one attached hydrogen (secondary N) is 1. The maximum atomic E-state index is 15.1. The number of anilines is 1. The van der Waals surface area contributed by atoms with Crippen LogP contribution in [0.25, 0.3) is 22.2 Å². The van der Waals surface area contributed by atoms with Gasteiger partial charge in [0, 0.05) is 34.9 Å². The number of ketones is 1. The minimum absolute atomic E-state index is 0.0443. The number of hydrogen-bond donors (Lipinski definition) is 2. The first kappa shape index (κ1) is 21.9. The zero-order valence-electron chi connectivity index (χ0n) is 17.2.